The van der Waals surface area contributed by atoms with Gasteiger partial charge in [0.25, 0.3) is 0 Å². The third-order valence-corrected chi connectivity index (χ3v) is 5.75. The minimum Gasteiger partial charge on any atom is -0.355 e. The number of hydrogen-bond donors (Lipinski definition) is 1. The molecule has 1 fully saturated rings. The van der Waals surface area contributed by atoms with Crippen LogP contribution in [0.3, 0.4) is 0 Å². The summed E-state index contributed by atoms with van der Waals surface area (Å²) in [6, 6.07) is 9.79. The summed E-state index contributed by atoms with van der Waals surface area (Å²) in [4.78, 5) is 11.8. The van der Waals surface area contributed by atoms with Crippen LogP contribution >= 0.6 is 0 Å². The first-order chi connectivity index (χ1) is 10.6. The number of carbonyl (C=O) groups excluding carboxylic acids is 1. The number of nitrogens with one attached hydrogen (secondary N) is 1. The molecule has 0 aliphatic carbocycles. The first kappa shape index (κ1) is 17.0. The zero-order chi connectivity index (χ0) is 15.8. The first-order valence-electron chi connectivity index (χ1n) is 7.86. The van der Waals surface area contributed by atoms with Crippen LogP contribution in [0.5, 0.6) is 0 Å². The zero-order valence-electron chi connectivity index (χ0n) is 12.8. The molecule has 0 radical (unpaired) electrons. The summed E-state index contributed by atoms with van der Waals surface area (Å²) >= 11 is 0. The average molecular weight is 324 g/mol. The third-order valence-electron chi connectivity index (χ3n) is 3.87. The van der Waals surface area contributed by atoms with E-state index < -0.39 is 10.0 Å². The molecular formula is C16H24N2O3S. The van der Waals surface area contributed by atoms with E-state index in [0.717, 1.165) is 24.8 Å². The molecule has 1 N–H and O–H groups in total. The van der Waals surface area contributed by atoms with Crippen LogP contribution in [-0.2, 0) is 21.2 Å². The van der Waals surface area contributed by atoms with Crippen molar-refractivity contribution in [3.8, 4) is 0 Å². The van der Waals surface area contributed by atoms with E-state index in [-0.39, 0.29) is 18.2 Å². The molecular weight excluding hydrogens is 300 g/mol. The Morgan fingerprint density at radius 2 is 1.77 bits per heavy atom. The first-order valence-corrected chi connectivity index (χ1v) is 9.47. The minimum atomic E-state index is -3.23. The molecule has 1 amide bonds. The summed E-state index contributed by atoms with van der Waals surface area (Å²) in [5, 5.41) is 2.70. The maximum atomic E-state index is 12.1. The summed E-state index contributed by atoms with van der Waals surface area (Å²) in [6.07, 6.45) is 4.02. The van der Waals surface area contributed by atoms with Gasteiger partial charge in [-0.3, -0.25) is 4.79 Å². The quantitative estimate of drug-likeness (QED) is 0.827. The van der Waals surface area contributed by atoms with Crippen LogP contribution in [0.25, 0.3) is 0 Å². The van der Waals surface area contributed by atoms with E-state index in [1.807, 2.05) is 30.3 Å². The van der Waals surface area contributed by atoms with E-state index in [4.69, 9.17) is 0 Å². The lowest BCUT2D eigenvalue weighted by Gasteiger charge is -2.25. The maximum absolute atomic E-state index is 12.1. The van der Waals surface area contributed by atoms with E-state index in [1.165, 1.54) is 0 Å². The number of nitrogens with zero attached hydrogens (tertiary/aromatic N) is 1. The second-order valence-electron chi connectivity index (χ2n) is 5.61. The van der Waals surface area contributed by atoms with Crippen molar-refractivity contribution in [1.29, 1.82) is 0 Å². The van der Waals surface area contributed by atoms with Crippen LogP contribution in [0.4, 0.5) is 0 Å². The van der Waals surface area contributed by atoms with E-state index in [2.05, 4.69) is 5.32 Å². The van der Waals surface area contributed by atoms with Crippen molar-refractivity contribution >= 4 is 15.9 Å². The molecule has 0 saturated carbocycles. The lowest BCUT2D eigenvalue weighted by Crippen LogP contribution is -2.40. The topological polar surface area (TPSA) is 66.5 Å². The van der Waals surface area contributed by atoms with Gasteiger partial charge in [-0.2, -0.15) is 0 Å². The van der Waals surface area contributed by atoms with Gasteiger partial charge >= 0.3 is 0 Å². The van der Waals surface area contributed by atoms with Gasteiger partial charge in [0, 0.05) is 26.1 Å². The standard InChI is InChI=1S/C16H24N2O3S/c19-16(10-9-15-7-3-1-4-8-15)17-11-14-22(20,21)18-12-5-2-6-13-18/h1,3-4,7-8H,2,5-6,9-14H2,(H,17,19). The molecule has 1 saturated heterocycles. The normalized spacial score (nSPS) is 16.4. The number of rotatable bonds is 7. The molecule has 0 unspecified atom stereocenters. The maximum Gasteiger partial charge on any atom is 0.220 e. The number of hydrogen-bond acceptors (Lipinski definition) is 3. The minimum absolute atomic E-state index is 0.00984. The fourth-order valence-electron chi connectivity index (χ4n) is 2.58. The highest BCUT2D eigenvalue weighted by Gasteiger charge is 2.23. The van der Waals surface area contributed by atoms with Crippen LogP contribution in [0.15, 0.2) is 30.3 Å². The Morgan fingerprint density at radius 3 is 2.45 bits per heavy atom. The van der Waals surface area contributed by atoms with Crippen LogP contribution in [0, 0.1) is 0 Å². The van der Waals surface area contributed by atoms with Gasteiger partial charge in [0.2, 0.25) is 15.9 Å². The molecule has 0 spiro atoms. The van der Waals surface area contributed by atoms with Crippen LogP contribution in [0.2, 0.25) is 0 Å². The van der Waals surface area contributed by atoms with Crippen molar-refractivity contribution in [3.63, 3.8) is 0 Å². The van der Waals surface area contributed by atoms with Crippen molar-refractivity contribution in [2.45, 2.75) is 32.1 Å². The summed E-state index contributed by atoms with van der Waals surface area (Å²) < 4.78 is 25.8. The predicted octanol–water partition coefficient (Wildman–Crippen LogP) is 1.55. The van der Waals surface area contributed by atoms with Crippen LogP contribution < -0.4 is 5.32 Å². The highest BCUT2D eigenvalue weighted by Crippen LogP contribution is 2.13. The Labute approximate surface area is 132 Å². The van der Waals surface area contributed by atoms with Crippen LogP contribution in [0.1, 0.15) is 31.2 Å². The second-order valence-corrected chi connectivity index (χ2v) is 7.70. The molecule has 0 bridgehead atoms. The molecule has 1 aromatic carbocycles. The number of sulfonamides is 1. The number of carbonyl (C=O) groups is 1. The molecule has 0 aromatic heterocycles. The Kier molecular flexibility index (Phi) is 6.39. The van der Waals surface area contributed by atoms with E-state index in [1.54, 1.807) is 4.31 Å². The number of amides is 1. The fourth-order valence-corrected chi connectivity index (χ4v) is 4.02. The molecule has 2 rings (SSSR count). The summed E-state index contributed by atoms with van der Waals surface area (Å²) in [5.41, 5.74) is 1.11. The SMILES string of the molecule is O=C(CCc1ccccc1)NCCS(=O)(=O)N1CCCCC1. The van der Waals surface area contributed by atoms with Crippen molar-refractivity contribution in [1.82, 2.24) is 9.62 Å². The van der Waals surface area contributed by atoms with Gasteiger partial charge in [0.1, 0.15) is 0 Å². The Balaban J connectivity index is 1.68. The van der Waals surface area contributed by atoms with Crippen molar-refractivity contribution in [2.24, 2.45) is 0 Å². The third kappa shape index (κ3) is 5.42. The van der Waals surface area contributed by atoms with Gasteiger partial charge in [-0.05, 0) is 24.8 Å². The van der Waals surface area contributed by atoms with E-state index >= 15 is 0 Å². The van der Waals surface area contributed by atoms with Gasteiger partial charge < -0.3 is 5.32 Å². The Hall–Kier alpha value is -1.40. The summed E-state index contributed by atoms with van der Waals surface area (Å²) in [6.45, 7) is 1.42. The van der Waals surface area contributed by atoms with Gasteiger partial charge in [-0.15, -0.1) is 0 Å². The number of aryl methyl sites for hydroxylation is 1. The smallest absolute Gasteiger partial charge is 0.220 e. The van der Waals surface area contributed by atoms with Crippen molar-refractivity contribution in [2.75, 3.05) is 25.4 Å². The molecule has 1 aliphatic heterocycles. The molecule has 6 heteroatoms. The van der Waals surface area contributed by atoms with Gasteiger partial charge in [0.15, 0.2) is 0 Å². The molecule has 22 heavy (non-hydrogen) atoms. The molecule has 1 heterocycles. The van der Waals surface area contributed by atoms with Crippen molar-refractivity contribution < 1.29 is 13.2 Å². The van der Waals surface area contributed by atoms with Gasteiger partial charge in [-0.25, -0.2) is 12.7 Å². The van der Waals surface area contributed by atoms with E-state index in [0.29, 0.717) is 25.9 Å². The zero-order valence-corrected chi connectivity index (χ0v) is 13.6. The van der Waals surface area contributed by atoms with Crippen LogP contribution in [-0.4, -0.2) is 44.0 Å². The van der Waals surface area contributed by atoms with E-state index in [9.17, 15) is 13.2 Å². The van der Waals surface area contributed by atoms with Gasteiger partial charge in [0.05, 0.1) is 5.75 Å². The number of piperidine rings is 1. The molecule has 1 aliphatic rings. The largest absolute Gasteiger partial charge is 0.355 e. The average Bonchev–Trinajstić information content (AvgIpc) is 2.54. The Morgan fingerprint density at radius 1 is 1.09 bits per heavy atom. The van der Waals surface area contributed by atoms with Gasteiger partial charge in [-0.1, -0.05) is 36.8 Å². The lowest BCUT2D eigenvalue weighted by atomic mass is 10.1. The summed E-state index contributed by atoms with van der Waals surface area (Å²) in [7, 11) is -3.23. The molecule has 122 valence electrons. The fraction of sp³-hybridized carbons (Fsp3) is 0.562. The second kappa shape index (κ2) is 8.29. The monoisotopic (exact) mass is 324 g/mol. The molecule has 0 atom stereocenters. The highest BCUT2D eigenvalue weighted by atomic mass is 32.2. The highest BCUT2D eigenvalue weighted by molar-refractivity contribution is 7.89. The predicted molar refractivity (Wildman–Crippen MR) is 87.0 cm³/mol. The number of benzene rings is 1. The van der Waals surface area contributed by atoms with Crippen molar-refractivity contribution in [3.05, 3.63) is 35.9 Å². The lowest BCUT2D eigenvalue weighted by molar-refractivity contribution is -0.120. The summed E-state index contributed by atoms with van der Waals surface area (Å²) in [5.74, 6) is -0.109. The molecule has 5 nitrogen and oxygen atoms in total. The molecule has 1 aromatic rings. The Bertz CT molecular complexity index is 566.